The zero-order valence-corrected chi connectivity index (χ0v) is 25.8. The minimum atomic E-state index is -0.688. The van der Waals surface area contributed by atoms with Crippen LogP contribution in [0.4, 0.5) is 17.6 Å². The Morgan fingerprint density at radius 2 is 1.82 bits per heavy atom. The number of likely N-dealkylation sites (N-methyl/N-ethyl adjacent to an activating group) is 1. The number of nitrogens with one attached hydrogen (secondary N) is 2. The summed E-state index contributed by atoms with van der Waals surface area (Å²) >= 11 is 6.46. The van der Waals surface area contributed by atoms with Crippen molar-refractivity contribution in [1.82, 2.24) is 45.1 Å². The van der Waals surface area contributed by atoms with Gasteiger partial charge in [0.15, 0.2) is 5.82 Å². The summed E-state index contributed by atoms with van der Waals surface area (Å²) in [4.78, 5) is 48.1. The number of anilines is 3. The number of carbonyl (C=O) groups excluding carboxylic acids is 2. The van der Waals surface area contributed by atoms with Crippen LogP contribution in [-0.2, 0) is 18.4 Å². The minimum absolute atomic E-state index is 0.226. The van der Waals surface area contributed by atoms with Crippen LogP contribution in [0.5, 0.6) is 0 Å². The minimum Gasteiger partial charge on any atom is -0.354 e. The van der Waals surface area contributed by atoms with E-state index >= 15 is 0 Å². The number of piperazine rings is 1. The molecule has 5 heterocycles. The molecule has 2 aliphatic rings. The Balaban J connectivity index is 1.13. The van der Waals surface area contributed by atoms with Crippen LogP contribution in [0, 0.1) is 0 Å². The standard InChI is InChI=1S/C30H34ClN11O2/c1-18(24-6-5-7-26(35-24)41-12-10-39(3)11-13-41)34-28(43)19(2)42-17-21-9-8-20(14-22(21)29(42)44)27-23(31)15-32-30(37-27)36-25-16-33-40(4)38-25/h5-9,14-16,18-19H,10-13,17H2,1-4H3,(H,34,43)(H,32,36,37,38). The third-order valence-electron chi connectivity index (χ3n) is 8.03. The molecular weight excluding hydrogens is 582 g/mol. The normalized spacial score (nSPS) is 16.5. The monoisotopic (exact) mass is 615 g/mol. The molecule has 14 heteroatoms. The summed E-state index contributed by atoms with van der Waals surface area (Å²) in [6.07, 6.45) is 3.05. The third-order valence-corrected chi connectivity index (χ3v) is 8.31. The zero-order valence-electron chi connectivity index (χ0n) is 25.0. The molecule has 2 atom stereocenters. The number of carbonyl (C=O) groups is 2. The number of nitrogens with zero attached hydrogens (tertiary/aromatic N) is 9. The smallest absolute Gasteiger partial charge is 0.255 e. The van der Waals surface area contributed by atoms with Gasteiger partial charge in [0, 0.05) is 50.9 Å². The Labute approximate surface area is 260 Å². The van der Waals surface area contributed by atoms with E-state index in [0.717, 1.165) is 43.3 Å². The van der Waals surface area contributed by atoms with Gasteiger partial charge in [0.2, 0.25) is 11.9 Å². The van der Waals surface area contributed by atoms with E-state index < -0.39 is 6.04 Å². The molecule has 1 aromatic carbocycles. The lowest BCUT2D eigenvalue weighted by molar-refractivity contribution is -0.125. The summed E-state index contributed by atoms with van der Waals surface area (Å²) in [5.41, 5.74) is 3.24. The second kappa shape index (κ2) is 12.2. The molecule has 2 unspecified atom stereocenters. The molecule has 2 amide bonds. The van der Waals surface area contributed by atoms with Crippen molar-refractivity contribution in [2.75, 3.05) is 43.4 Å². The van der Waals surface area contributed by atoms with Gasteiger partial charge < -0.3 is 25.3 Å². The van der Waals surface area contributed by atoms with Crippen molar-refractivity contribution in [2.24, 2.45) is 7.05 Å². The second-order valence-corrected chi connectivity index (χ2v) is 11.6. The molecule has 2 aliphatic heterocycles. The van der Waals surface area contributed by atoms with Gasteiger partial charge in [0.05, 0.1) is 34.8 Å². The largest absolute Gasteiger partial charge is 0.354 e. The highest BCUT2D eigenvalue weighted by Gasteiger charge is 2.35. The molecule has 0 aliphatic carbocycles. The summed E-state index contributed by atoms with van der Waals surface area (Å²) in [5, 5.41) is 14.6. The van der Waals surface area contributed by atoms with E-state index in [0.29, 0.717) is 40.2 Å². The molecule has 6 rings (SSSR count). The van der Waals surface area contributed by atoms with Crippen LogP contribution >= 0.6 is 11.6 Å². The van der Waals surface area contributed by atoms with Crippen LogP contribution < -0.4 is 15.5 Å². The van der Waals surface area contributed by atoms with E-state index in [4.69, 9.17) is 16.6 Å². The molecule has 3 aromatic heterocycles. The first-order chi connectivity index (χ1) is 21.2. The van der Waals surface area contributed by atoms with Crippen molar-refractivity contribution in [3.05, 3.63) is 70.6 Å². The fraction of sp³-hybridized carbons (Fsp3) is 0.367. The van der Waals surface area contributed by atoms with Gasteiger partial charge in [-0.1, -0.05) is 29.8 Å². The summed E-state index contributed by atoms with van der Waals surface area (Å²) in [6, 6.07) is 10.4. The number of rotatable bonds is 8. The maximum atomic E-state index is 13.5. The topological polar surface area (TPSA) is 137 Å². The summed E-state index contributed by atoms with van der Waals surface area (Å²) < 4.78 is 0. The fourth-order valence-electron chi connectivity index (χ4n) is 5.37. The number of amides is 2. The van der Waals surface area contributed by atoms with Crippen LogP contribution in [0.1, 0.15) is 41.5 Å². The van der Waals surface area contributed by atoms with E-state index in [-0.39, 0.29) is 17.9 Å². The SMILES string of the molecule is CC(NC(=O)C(C)N1Cc2ccc(-c3nc(Nc4cnn(C)n4)ncc3Cl)cc2C1=O)c1cccc(N2CCN(C)CC2)n1. The highest BCUT2D eigenvalue weighted by molar-refractivity contribution is 6.33. The first-order valence-electron chi connectivity index (χ1n) is 14.5. The van der Waals surface area contributed by atoms with Crippen molar-refractivity contribution in [3.8, 4) is 11.3 Å². The highest BCUT2D eigenvalue weighted by atomic mass is 35.5. The first kappa shape index (κ1) is 29.5. The van der Waals surface area contributed by atoms with Crippen LogP contribution in [-0.4, -0.2) is 90.8 Å². The van der Waals surface area contributed by atoms with Gasteiger partial charge in [-0.05, 0) is 44.7 Å². The molecule has 228 valence electrons. The van der Waals surface area contributed by atoms with Gasteiger partial charge in [0.25, 0.3) is 5.91 Å². The Morgan fingerprint density at radius 3 is 2.57 bits per heavy atom. The van der Waals surface area contributed by atoms with E-state index in [2.05, 4.69) is 47.6 Å². The Bertz CT molecular complexity index is 1700. The number of pyridine rings is 1. The highest BCUT2D eigenvalue weighted by Crippen LogP contribution is 2.32. The number of aryl methyl sites for hydroxylation is 1. The molecule has 44 heavy (non-hydrogen) atoms. The van der Waals surface area contributed by atoms with Gasteiger partial charge in [-0.15, -0.1) is 5.10 Å². The van der Waals surface area contributed by atoms with E-state index in [1.54, 1.807) is 31.1 Å². The Hall–Kier alpha value is -4.62. The molecule has 4 aromatic rings. The predicted molar refractivity (Wildman–Crippen MR) is 167 cm³/mol. The van der Waals surface area contributed by atoms with Crippen molar-refractivity contribution in [3.63, 3.8) is 0 Å². The number of benzene rings is 1. The number of hydrogen-bond acceptors (Lipinski definition) is 10. The molecule has 1 saturated heterocycles. The Kier molecular flexibility index (Phi) is 8.15. The van der Waals surface area contributed by atoms with Crippen LogP contribution in [0.15, 0.2) is 48.8 Å². The fourth-order valence-corrected chi connectivity index (χ4v) is 5.57. The lowest BCUT2D eigenvalue weighted by Crippen LogP contribution is -2.46. The molecule has 2 N–H and O–H groups in total. The van der Waals surface area contributed by atoms with Crippen LogP contribution in [0.3, 0.4) is 0 Å². The first-order valence-corrected chi connectivity index (χ1v) is 14.8. The summed E-state index contributed by atoms with van der Waals surface area (Å²) in [5.74, 6) is 1.22. The number of fused-ring (bicyclic) bond motifs is 1. The molecular formula is C30H34ClN11O2. The van der Waals surface area contributed by atoms with Gasteiger partial charge in [-0.2, -0.15) is 9.90 Å². The maximum absolute atomic E-state index is 13.5. The number of hydrogen-bond donors (Lipinski definition) is 2. The van der Waals surface area contributed by atoms with Gasteiger partial charge in [0.1, 0.15) is 11.9 Å². The van der Waals surface area contributed by atoms with Crippen molar-refractivity contribution in [1.29, 1.82) is 0 Å². The predicted octanol–water partition coefficient (Wildman–Crippen LogP) is 3.04. The van der Waals surface area contributed by atoms with Crippen molar-refractivity contribution < 1.29 is 9.59 Å². The maximum Gasteiger partial charge on any atom is 0.255 e. The number of aromatic nitrogens is 6. The quantitative estimate of drug-likeness (QED) is 0.304. The second-order valence-electron chi connectivity index (χ2n) is 11.2. The van der Waals surface area contributed by atoms with E-state index in [1.807, 2.05) is 37.3 Å². The lowest BCUT2D eigenvalue weighted by atomic mass is 10.0. The van der Waals surface area contributed by atoms with Crippen molar-refractivity contribution >= 4 is 41.0 Å². The molecule has 0 bridgehead atoms. The van der Waals surface area contributed by atoms with E-state index in [9.17, 15) is 9.59 Å². The molecule has 0 radical (unpaired) electrons. The summed E-state index contributed by atoms with van der Waals surface area (Å²) in [6.45, 7) is 7.77. The lowest BCUT2D eigenvalue weighted by Gasteiger charge is -2.33. The van der Waals surface area contributed by atoms with Gasteiger partial charge >= 0.3 is 0 Å². The third kappa shape index (κ3) is 6.06. The Morgan fingerprint density at radius 1 is 1.02 bits per heavy atom. The van der Waals surface area contributed by atoms with Crippen molar-refractivity contribution in [2.45, 2.75) is 32.5 Å². The average molecular weight is 616 g/mol. The van der Waals surface area contributed by atoms with E-state index in [1.165, 1.54) is 11.0 Å². The average Bonchev–Trinajstić information content (AvgIpc) is 3.59. The van der Waals surface area contributed by atoms with Gasteiger partial charge in [-0.3, -0.25) is 9.59 Å². The van der Waals surface area contributed by atoms with Crippen LogP contribution in [0.25, 0.3) is 11.3 Å². The zero-order chi connectivity index (χ0) is 31.0. The molecule has 0 saturated carbocycles. The van der Waals surface area contributed by atoms with Crippen LogP contribution in [0.2, 0.25) is 5.02 Å². The molecule has 13 nitrogen and oxygen atoms in total. The summed E-state index contributed by atoms with van der Waals surface area (Å²) in [7, 11) is 3.83. The molecule has 1 fully saturated rings. The number of halogens is 1. The van der Waals surface area contributed by atoms with Gasteiger partial charge in [-0.25, -0.2) is 15.0 Å². The molecule has 0 spiro atoms.